The topological polar surface area (TPSA) is 98.3 Å². The first-order valence-corrected chi connectivity index (χ1v) is 14.7. The van der Waals surface area contributed by atoms with Gasteiger partial charge in [0, 0.05) is 38.9 Å². The Morgan fingerprint density at radius 2 is 1.80 bits per heavy atom. The number of fused-ring (bicyclic) bond motifs is 1. The Morgan fingerprint density at radius 1 is 1.07 bits per heavy atom. The molecule has 0 unspecified atom stereocenters. The molecular formula is C32H39FN6O2. The van der Waals surface area contributed by atoms with E-state index in [9.17, 15) is 19.6 Å². The van der Waals surface area contributed by atoms with Crippen LogP contribution in [-0.4, -0.2) is 38.9 Å². The highest BCUT2D eigenvalue weighted by atomic mass is 19.1. The van der Waals surface area contributed by atoms with Crippen LogP contribution in [-0.2, 0) is 44.4 Å². The number of rotatable bonds is 11. The van der Waals surface area contributed by atoms with Gasteiger partial charge in [0.05, 0.1) is 17.6 Å². The molecule has 0 atom stereocenters. The van der Waals surface area contributed by atoms with E-state index in [1.165, 1.54) is 22.4 Å². The fraction of sp³-hybridized carbons (Fsp3) is 0.500. The van der Waals surface area contributed by atoms with E-state index in [0.717, 1.165) is 63.6 Å². The minimum absolute atomic E-state index is 0.214. The van der Waals surface area contributed by atoms with E-state index in [0.29, 0.717) is 36.1 Å². The van der Waals surface area contributed by atoms with E-state index in [2.05, 4.69) is 45.0 Å². The van der Waals surface area contributed by atoms with Gasteiger partial charge in [-0.15, -0.1) is 5.10 Å². The van der Waals surface area contributed by atoms with Crippen LogP contribution in [0.3, 0.4) is 0 Å². The SMILES string of the molecule is CCN(CC1CCC(C(=O)O)CC1)c1cc2c(cc1CN(Cc1cc(C#N)cc(CF)c1)c1ncn(C)n1)CCC2. The summed E-state index contributed by atoms with van der Waals surface area (Å²) in [5.74, 6) is 0.166. The summed E-state index contributed by atoms with van der Waals surface area (Å²) in [5, 5.41) is 23.6. The second-order valence-corrected chi connectivity index (χ2v) is 11.6. The predicted molar refractivity (Wildman–Crippen MR) is 156 cm³/mol. The zero-order valence-corrected chi connectivity index (χ0v) is 24.0. The van der Waals surface area contributed by atoms with Crippen molar-refractivity contribution in [3.8, 4) is 6.07 Å². The highest BCUT2D eigenvalue weighted by molar-refractivity contribution is 5.70. The van der Waals surface area contributed by atoms with Crippen molar-refractivity contribution >= 4 is 17.6 Å². The minimum Gasteiger partial charge on any atom is -0.481 e. The number of alkyl halides is 1. The van der Waals surface area contributed by atoms with Crippen LogP contribution in [0.4, 0.5) is 16.0 Å². The molecule has 0 radical (unpaired) electrons. The van der Waals surface area contributed by atoms with Crippen molar-refractivity contribution in [1.29, 1.82) is 5.26 Å². The molecule has 3 aromatic rings. The largest absolute Gasteiger partial charge is 0.481 e. The molecule has 41 heavy (non-hydrogen) atoms. The Hall–Kier alpha value is -3.93. The average molecular weight is 559 g/mol. The van der Waals surface area contributed by atoms with Gasteiger partial charge in [0.1, 0.15) is 13.0 Å². The highest BCUT2D eigenvalue weighted by Gasteiger charge is 2.28. The van der Waals surface area contributed by atoms with Gasteiger partial charge in [0.15, 0.2) is 0 Å². The summed E-state index contributed by atoms with van der Waals surface area (Å²) in [7, 11) is 1.84. The van der Waals surface area contributed by atoms with Gasteiger partial charge < -0.3 is 14.9 Å². The van der Waals surface area contributed by atoms with Gasteiger partial charge in [0.2, 0.25) is 5.95 Å². The molecule has 2 aromatic carbocycles. The lowest BCUT2D eigenvalue weighted by Gasteiger charge is -2.34. The van der Waals surface area contributed by atoms with E-state index >= 15 is 0 Å². The third-order valence-corrected chi connectivity index (χ3v) is 8.63. The Morgan fingerprint density at radius 3 is 2.44 bits per heavy atom. The summed E-state index contributed by atoms with van der Waals surface area (Å²) in [4.78, 5) is 20.6. The number of benzene rings is 2. The van der Waals surface area contributed by atoms with Gasteiger partial charge >= 0.3 is 5.97 Å². The van der Waals surface area contributed by atoms with Crippen molar-refractivity contribution in [1.82, 2.24) is 14.8 Å². The first-order valence-electron chi connectivity index (χ1n) is 14.7. The van der Waals surface area contributed by atoms with Crippen LogP contribution in [0.5, 0.6) is 0 Å². The van der Waals surface area contributed by atoms with Crippen molar-refractivity contribution in [2.75, 3.05) is 22.9 Å². The van der Waals surface area contributed by atoms with Gasteiger partial charge in [-0.05, 0) is 104 Å². The second kappa shape index (κ2) is 12.7. The van der Waals surface area contributed by atoms with E-state index in [-0.39, 0.29) is 5.92 Å². The second-order valence-electron chi connectivity index (χ2n) is 11.6. The standard InChI is InChI=1S/C32H39FN6O2/c1-3-38(18-22-7-9-26(10-8-22)31(40)41)30-15-28-6-4-5-27(28)14-29(30)20-39(32-35-21-37(2)36-32)19-25-12-23(16-33)11-24(13-25)17-34/h11-15,21-22,26H,3-10,16,18-20H2,1-2H3,(H,40,41). The number of aromatic nitrogens is 3. The van der Waals surface area contributed by atoms with Gasteiger partial charge in [-0.2, -0.15) is 5.26 Å². The monoisotopic (exact) mass is 558 g/mol. The number of hydrogen-bond acceptors (Lipinski definition) is 6. The zero-order valence-electron chi connectivity index (χ0n) is 24.0. The number of aliphatic carboxylic acids is 1. The Kier molecular flexibility index (Phi) is 8.87. The number of carboxylic acids is 1. The third-order valence-electron chi connectivity index (χ3n) is 8.63. The average Bonchev–Trinajstić information content (AvgIpc) is 3.63. The lowest BCUT2D eigenvalue weighted by Crippen LogP contribution is -2.34. The number of carboxylic acid groups (broad SMARTS) is 1. The van der Waals surface area contributed by atoms with Crippen LogP contribution >= 0.6 is 0 Å². The summed E-state index contributed by atoms with van der Waals surface area (Å²) >= 11 is 0. The summed E-state index contributed by atoms with van der Waals surface area (Å²) in [6.07, 6.45) is 8.35. The Balaban J connectivity index is 1.46. The molecule has 1 aromatic heterocycles. The number of halogens is 1. The van der Waals surface area contributed by atoms with Crippen molar-refractivity contribution in [2.24, 2.45) is 18.9 Å². The molecule has 0 saturated heterocycles. The number of carbonyl (C=O) groups is 1. The van der Waals surface area contributed by atoms with E-state index in [1.807, 2.05) is 19.2 Å². The summed E-state index contributed by atoms with van der Waals surface area (Å²) < 4.78 is 15.3. The number of anilines is 2. The van der Waals surface area contributed by atoms with Gasteiger partial charge in [-0.3, -0.25) is 9.48 Å². The van der Waals surface area contributed by atoms with Crippen LogP contribution < -0.4 is 9.80 Å². The van der Waals surface area contributed by atoms with Crippen molar-refractivity contribution in [3.63, 3.8) is 0 Å². The molecule has 1 saturated carbocycles. The van der Waals surface area contributed by atoms with E-state index in [1.54, 1.807) is 17.1 Å². The summed E-state index contributed by atoms with van der Waals surface area (Å²) in [6.45, 7) is 4.32. The number of aryl methyl sites for hydroxylation is 3. The molecule has 216 valence electrons. The van der Waals surface area contributed by atoms with Crippen molar-refractivity contribution in [3.05, 3.63) is 70.0 Å². The molecule has 1 heterocycles. The molecule has 1 fully saturated rings. The van der Waals surface area contributed by atoms with Crippen LogP contribution in [0.15, 0.2) is 36.7 Å². The molecule has 2 aliphatic carbocycles. The summed E-state index contributed by atoms with van der Waals surface area (Å²) in [5.41, 5.74) is 6.98. The van der Waals surface area contributed by atoms with Gasteiger partial charge in [-0.25, -0.2) is 9.37 Å². The third kappa shape index (κ3) is 6.70. The lowest BCUT2D eigenvalue weighted by molar-refractivity contribution is -0.143. The van der Waals surface area contributed by atoms with Crippen LogP contribution in [0.2, 0.25) is 0 Å². The van der Waals surface area contributed by atoms with E-state index < -0.39 is 12.6 Å². The maximum Gasteiger partial charge on any atom is 0.306 e. The molecule has 8 nitrogen and oxygen atoms in total. The normalized spacial score (nSPS) is 18.1. The maximum absolute atomic E-state index is 13.6. The predicted octanol–water partition coefficient (Wildman–Crippen LogP) is 5.57. The zero-order chi connectivity index (χ0) is 28.9. The lowest BCUT2D eigenvalue weighted by atomic mass is 9.81. The van der Waals surface area contributed by atoms with Crippen LogP contribution in [0.1, 0.15) is 72.4 Å². The molecular weight excluding hydrogens is 519 g/mol. The van der Waals surface area contributed by atoms with Crippen molar-refractivity contribution < 1.29 is 14.3 Å². The fourth-order valence-electron chi connectivity index (χ4n) is 6.48. The van der Waals surface area contributed by atoms with E-state index in [4.69, 9.17) is 0 Å². The molecule has 1 N–H and O–H groups in total. The maximum atomic E-state index is 13.6. The minimum atomic E-state index is -0.668. The molecule has 2 aliphatic rings. The fourth-order valence-corrected chi connectivity index (χ4v) is 6.48. The Labute approximate surface area is 241 Å². The van der Waals surface area contributed by atoms with Crippen molar-refractivity contribution in [2.45, 2.75) is 71.6 Å². The molecule has 0 spiro atoms. The molecule has 0 aliphatic heterocycles. The molecule has 0 amide bonds. The summed E-state index contributed by atoms with van der Waals surface area (Å²) in [6, 6.07) is 12.1. The molecule has 5 rings (SSSR count). The first kappa shape index (κ1) is 28.6. The number of hydrogen-bond donors (Lipinski definition) is 1. The van der Waals surface area contributed by atoms with Gasteiger partial charge in [0.25, 0.3) is 0 Å². The smallest absolute Gasteiger partial charge is 0.306 e. The van der Waals surface area contributed by atoms with Gasteiger partial charge in [-0.1, -0.05) is 12.1 Å². The quantitative estimate of drug-likeness (QED) is 0.329. The molecule has 9 heteroatoms. The number of nitriles is 1. The van der Waals surface area contributed by atoms with Crippen LogP contribution in [0, 0.1) is 23.2 Å². The molecule has 0 bridgehead atoms. The Bertz CT molecular complexity index is 1420. The first-order chi connectivity index (χ1) is 19.9. The van der Waals surface area contributed by atoms with Crippen LogP contribution in [0.25, 0.3) is 0 Å². The number of nitrogens with zero attached hydrogens (tertiary/aromatic N) is 6. The highest BCUT2D eigenvalue weighted by Crippen LogP contribution is 2.35.